The second kappa shape index (κ2) is 7.80. The van der Waals surface area contributed by atoms with Crippen LogP contribution in [0.15, 0.2) is 53.4 Å². The molecule has 25 heavy (non-hydrogen) atoms. The van der Waals surface area contributed by atoms with Crippen LogP contribution in [0.4, 0.5) is 0 Å². The first-order valence-corrected chi connectivity index (χ1v) is 9.94. The van der Waals surface area contributed by atoms with Gasteiger partial charge in [-0.15, -0.1) is 0 Å². The minimum absolute atomic E-state index is 0.115. The fourth-order valence-corrected chi connectivity index (χ4v) is 3.04. The first kappa shape index (κ1) is 19.1. The molecule has 1 amide bonds. The summed E-state index contributed by atoms with van der Waals surface area (Å²) in [6, 6.07) is 13.3. The maximum atomic E-state index is 12.4. The predicted molar refractivity (Wildman–Crippen MR) is 98.2 cm³/mol. The summed E-state index contributed by atoms with van der Waals surface area (Å²) in [5, 5.41) is 12.2. The summed E-state index contributed by atoms with van der Waals surface area (Å²) in [5.41, 5.74) is 2.13. The van der Waals surface area contributed by atoms with E-state index < -0.39 is 9.84 Å². The predicted octanol–water partition coefficient (Wildman–Crippen LogP) is 2.50. The SMILES string of the molecule is CC(C)C(CO)NC(=O)c1cccc(-c2ccc(S(C)(=O)=O)cc2)c1. The number of aliphatic hydroxyl groups is 1. The first-order chi connectivity index (χ1) is 11.7. The molecule has 0 aliphatic rings. The van der Waals surface area contributed by atoms with Gasteiger partial charge in [0.05, 0.1) is 17.5 Å². The zero-order valence-corrected chi connectivity index (χ0v) is 15.4. The van der Waals surface area contributed by atoms with Crippen molar-refractivity contribution in [2.45, 2.75) is 24.8 Å². The average Bonchev–Trinajstić information content (AvgIpc) is 2.58. The first-order valence-electron chi connectivity index (χ1n) is 8.04. The fraction of sp³-hybridized carbons (Fsp3) is 0.316. The van der Waals surface area contributed by atoms with Crippen molar-refractivity contribution >= 4 is 15.7 Å². The van der Waals surface area contributed by atoms with Gasteiger partial charge in [-0.3, -0.25) is 4.79 Å². The van der Waals surface area contributed by atoms with Gasteiger partial charge >= 0.3 is 0 Å². The molecule has 0 aliphatic heterocycles. The maximum absolute atomic E-state index is 12.4. The Morgan fingerprint density at radius 2 is 1.72 bits per heavy atom. The number of amides is 1. The summed E-state index contributed by atoms with van der Waals surface area (Å²) < 4.78 is 23.1. The minimum Gasteiger partial charge on any atom is -0.394 e. The number of hydrogen-bond donors (Lipinski definition) is 2. The van der Waals surface area contributed by atoms with Crippen molar-refractivity contribution < 1.29 is 18.3 Å². The van der Waals surface area contributed by atoms with Gasteiger partial charge in [-0.2, -0.15) is 0 Å². The van der Waals surface area contributed by atoms with Crippen molar-refractivity contribution in [3.63, 3.8) is 0 Å². The van der Waals surface area contributed by atoms with E-state index in [1.807, 2.05) is 19.9 Å². The van der Waals surface area contributed by atoms with Crippen LogP contribution in [0.3, 0.4) is 0 Å². The Morgan fingerprint density at radius 3 is 2.24 bits per heavy atom. The van der Waals surface area contributed by atoms with Crippen LogP contribution in [0.25, 0.3) is 11.1 Å². The Balaban J connectivity index is 2.25. The van der Waals surface area contributed by atoms with Gasteiger partial charge in [0.15, 0.2) is 9.84 Å². The Morgan fingerprint density at radius 1 is 1.08 bits per heavy atom. The molecule has 0 radical (unpaired) electrons. The van der Waals surface area contributed by atoms with Crippen molar-refractivity contribution in [1.82, 2.24) is 5.32 Å². The van der Waals surface area contributed by atoms with E-state index in [0.717, 1.165) is 11.1 Å². The van der Waals surface area contributed by atoms with Crippen LogP contribution in [-0.2, 0) is 9.84 Å². The summed E-state index contributed by atoms with van der Waals surface area (Å²) in [5.74, 6) is -0.122. The summed E-state index contributed by atoms with van der Waals surface area (Å²) in [7, 11) is -3.24. The Hall–Kier alpha value is -2.18. The highest BCUT2D eigenvalue weighted by Crippen LogP contribution is 2.22. The number of sulfone groups is 1. The van der Waals surface area contributed by atoms with Crippen LogP contribution >= 0.6 is 0 Å². The van der Waals surface area contributed by atoms with E-state index in [4.69, 9.17) is 0 Å². The van der Waals surface area contributed by atoms with Crippen LogP contribution in [0, 0.1) is 5.92 Å². The molecule has 0 saturated carbocycles. The van der Waals surface area contributed by atoms with E-state index >= 15 is 0 Å². The molecule has 134 valence electrons. The van der Waals surface area contributed by atoms with Gasteiger partial charge in [0, 0.05) is 11.8 Å². The second-order valence-electron chi connectivity index (χ2n) is 6.38. The molecular weight excluding hydrogens is 338 g/mol. The molecule has 0 aliphatic carbocycles. The number of carbonyl (C=O) groups excluding carboxylic acids is 1. The van der Waals surface area contributed by atoms with Gasteiger partial charge in [-0.05, 0) is 41.3 Å². The van der Waals surface area contributed by atoms with Crippen molar-refractivity contribution in [2.75, 3.05) is 12.9 Å². The third kappa shape index (κ3) is 4.90. The molecule has 2 aromatic carbocycles. The summed E-state index contributed by atoms with van der Waals surface area (Å²) in [4.78, 5) is 12.6. The maximum Gasteiger partial charge on any atom is 0.251 e. The third-order valence-electron chi connectivity index (χ3n) is 4.06. The molecule has 1 unspecified atom stereocenters. The zero-order chi connectivity index (χ0) is 18.6. The molecule has 2 aromatic rings. The number of carbonyl (C=O) groups is 1. The molecule has 0 bridgehead atoms. The fourth-order valence-electron chi connectivity index (χ4n) is 2.41. The lowest BCUT2D eigenvalue weighted by molar-refractivity contribution is 0.0897. The van der Waals surface area contributed by atoms with Gasteiger partial charge in [0.2, 0.25) is 0 Å². The lowest BCUT2D eigenvalue weighted by atomic mass is 10.0. The second-order valence-corrected chi connectivity index (χ2v) is 8.40. The number of rotatable bonds is 6. The van der Waals surface area contributed by atoms with Gasteiger partial charge in [-0.1, -0.05) is 38.1 Å². The smallest absolute Gasteiger partial charge is 0.251 e. The quantitative estimate of drug-likeness (QED) is 0.828. The van der Waals surface area contributed by atoms with E-state index in [1.54, 1.807) is 42.5 Å². The Bertz CT molecular complexity index is 842. The number of nitrogens with one attached hydrogen (secondary N) is 1. The molecule has 6 heteroatoms. The minimum atomic E-state index is -3.24. The van der Waals surface area contributed by atoms with Gasteiger partial charge in [-0.25, -0.2) is 8.42 Å². The number of aliphatic hydroxyl groups excluding tert-OH is 1. The van der Waals surface area contributed by atoms with Gasteiger partial charge in [0.25, 0.3) is 5.91 Å². The summed E-state index contributed by atoms with van der Waals surface area (Å²) in [6.45, 7) is 3.75. The third-order valence-corrected chi connectivity index (χ3v) is 5.19. The van der Waals surface area contributed by atoms with E-state index in [1.165, 1.54) is 6.26 Å². The normalized spacial score (nSPS) is 12.8. The molecule has 5 nitrogen and oxygen atoms in total. The highest BCUT2D eigenvalue weighted by molar-refractivity contribution is 7.90. The monoisotopic (exact) mass is 361 g/mol. The molecule has 2 N–H and O–H groups in total. The molecule has 2 rings (SSSR count). The van der Waals surface area contributed by atoms with E-state index in [0.29, 0.717) is 5.56 Å². The molecule has 0 saturated heterocycles. The summed E-state index contributed by atoms with van der Waals surface area (Å²) in [6.07, 6.45) is 1.17. The van der Waals surface area contributed by atoms with Crippen molar-refractivity contribution in [2.24, 2.45) is 5.92 Å². The van der Waals surface area contributed by atoms with Crippen LogP contribution in [-0.4, -0.2) is 38.3 Å². The highest BCUT2D eigenvalue weighted by Gasteiger charge is 2.16. The standard InChI is InChI=1S/C19H23NO4S/c1-13(2)18(12-21)20-19(22)16-6-4-5-15(11-16)14-7-9-17(10-8-14)25(3,23)24/h4-11,13,18,21H,12H2,1-3H3,(H,20,22). The number of hydrogen-bond acceptors (Lipinski definition) is 4. The molecule has 0 spiro atoms. The van der Waals surface area contributed by atoms with Gasteiger partial charge < -0.3 is 10.4 Å². The Kier molecular flexibility index (Phi) is 5.98. The van der Waals surface area contributed by atoms with Crippen molar-refractivity contribution in [3.8, 4) is 11.1 Å². The highest BCUT2D eigenvalue weighted by atomic mass is 32.2. The topological polar surface area (TPSA) is 83.5 Å². The van der Waals surface area contributed by atoms with Crippen LogP contribution in [0.1, 0.15) is 24.2 Å². The van der Waals surface area contributed by atoms with Crippen LogP contribution in [0.2, 0.25) is 0 Å². The van der Waals surface area contributed by atoms with Gasteiger partial charge in [0.1, 0.15) is 0 Å². The Labute approximate surface area is 148 Å². The molecule has 0 fully saturated rings. The van der Waals surface area contributed by atoms with E-state index in [2.05, 4.69) is 5.32 Å². The van der Waals surface area contributed by atoms with Crippen molar-refractivity contribution in [3.05, 3.63) is 54.1 Å². The molecule has 0 aromatic heterocycles. The van der Waals surface area contributed by atoms with Crippen LogP contribution in [0.5, 0.6) is 0 Å². The largest absolute Gasteiger partial charge is 0.394 e. The van der Waals surface area contributed by atoms with Crippen LogP contribution < -0.4 is 5.32 Å². The lowest BCUT2D eigenvalue weighted by Crippen LogP contribution is -2.41. The number of benzene rings is 2. The van der Waals surface area contributed by atoms with Crippen molar-refractivity contribution in [1.29, 1.82) is 0 Å². The molecular formula is C19H23NO4S. The van der Waals surface area contributed by atoms with E-state index in [9.17, 15) is 18.3 Å². The van der Waals surface area contributed by atoms with E-state index in [-0.39, 0.29) is 29.4 Å². The molecule has 0 heterocycles. The average molecular weight is 361 g/mol. The summed E-state index contributed by atoms with van der Waals surface area (Å²) >= 11 is 0. The lowest BCUT2D eigenvalue weighted by Gasteiger charge is -2.20. The molecule has 1 atom stereocenters. The zero-order valence-electron chi connectivity index (χ0n) is 14.6.